The molecule has 0 bridgehead atoms. The van der Waals surface area contributed by atoms with Crippen molar-refractivity contribution >= 4 is 46.0 Å². The molecule has 7 nitrogen and oxygen atoms in total. The molecule has 3 aromatic carbocycles. The number of halogens is 1. The topological polar surface area (TPSA) is 79.1 Å². The quantitative estimate of drug-likeness (QED) is 0.156. The van der Waals surface area contributed by atoms with E-state index in [1.807, 2.05) is 62.4 Å². The molecule has 2 heterocycles. The number of carbonyl (C=O) groups excluding carboxylic acids is 1. The van der Waals surface area contributed by atoms with Crippen LogP contribution in [0.2, 0.25) is 0 Å². The van der Waals surface area contributed by atoms with E-state index in [9.17, 15) is 9.59 Å². The number of allylic oxidation sites excluding steroid dienone is 1. The zero-order valence-corrected chi connectivity index (χ0v) is 27.7. The lowest BCUT2D eigenvalue weighted by atomic mass is 9.95. The molecule has 0 radical (unpaired) electrons. The molecule has 1 aliphatic heterocycles. The van der Waals surface area contributed by atoms with Crippen molar-refractivity contribution in [2.24, 2.45) is 4.99 Å². The lowest BCUT2D eigenvalue weighted by molar-refractivity contribution is -0.139. The van der Waals surface area contributed by atoms with Gasteiger partial charge in [-0.3, -0.25) is 9.36 Å². The van der Waals surface area contributed by atoms with Crippen molar-refractivity contribution in [2.75, 3.05) is 6.61 Å². The average molecular weight is 709 g/mol. The molecule has 222 valence electrons. The Morgan fingerprint density at radius 3 is 2.51 bits per heavy atom. The second-order valence-electron chi connectivity index (χ2n) is 10.5. The van der Waals surface area contributed by atoms with Gasteiger partial charge in [-0.1, -0.05) is 65.4 Å². The smallest absolute Gasteiger partial charge is 0.338 e. The van der Waals surface area contributed by atoms with Gasteiger partial charge in [0, 0.05) is 5.56 Å². The standard InChI is InChI=1S/C34H33IN2O5S/c1-6-40-33(39)30-22(5)36-34-37(31(30)25-9-7-8-10-27(25)42-20(2)3)32(38)29(43-34)18-24-15-16-28(26(35)17-24)41-19-23-13-11-21(4)12-14-23/h7-18,20,31H,6,19H2,1-5H3/b29-18+/t31-/m1/s1. The molecule has 0 spiro atoms. The van der Waals surface area contributed by atoms with E-state index in [0.29, 0.717) is 38.5 Å². The van der Waals surface area contributed by atoms with E-state index in [0.717, 1.165) is 20.4 Å². The van der Waals surface area contributed by atoms with Crippen molar-refractivity contribution in [2.45, 2.75) is 53.4 Å². The van der Waals surface area contributed by atoms with Crippen LogP contribution in [-0.2, 0) is 16.1 Å². The summed E-state index contributed by atoms with van der Waals surface area (Å²) in [4.78, 5) is 32.5. The van der Waals surface area contributed by atoms with E-state index >= 15 is 0 Å². The number of nitrogens with zero attached hydrogens (tertiary/aromatic N) is 2. The molecule has 43 heavy (non-hydrogen) atoms. The Morgan fingerprint density at radius 1 is 1.07 bits per heavy atom. The van der Waals surface area contributed by atoms with Gasteiger partial charge < -0.3 is 14.2 Å². The predicted octanol–water partition coefficient (Wildman–Crippen LogP) is 6.08. The van der Waals surface area contributed by atoms with Gasteiger partial charge in [0.1, 0.15) is 24.1 Å². The van der Waals surface area contributed by atoms with Crippen molar-refractivity contribution < 1.29 is 19.0 Å². The molecular formula is C34H33IN2O5S. The molecular weight excluding hydrogens is 675 g/mol. The van der Waals surface area contributed by atoms with Crippen LogP contribution in [0.3, 0.4) is 0 Å². The first-order valence-electron chi connectivity index (χ1n) is 14.1. The largest absolute Gasteiger partial charge is 0.491 e. The molecule has 0 N–H and O–H groups in total. The maximum atomic E-state index is 14.0. The van der Waals surface area contributed by atoms with E-state index in [4.69, 9.17) is 14.2 Å². The van der Waals surface area contributed by atoms with Crippen LogP contribution < -0.4 is 24.4 Å². The summed E-state index contributed by atoms with van der Waals surface area (Å²) in [6.07, 6.45) is 1.76. The van der Waals surface area contributed by atoms with Gasteiger partial charge in [0.2, 0.25) is 0 Å². The molecule has 0 saturated carbocycles. The Kier molecular flexibility index (Phi) is 9.51. The van der Waals surface area contributed by atoms with Gasteiger partial charge in [0.25, 0.3) is 5.56 Å². The molecule has 1 aliphatic rings. The van der Waals surface area contributed by atoms with Gasteiger partial charge in [-0.2, -0.15) is 0 Å². The summed E-state index contributed by atoms with van der Waals surface area (Å²) in [5.74, 6) is 0.874. The van der Waals surface area contributed by atoms with E-state index < -0.39 is 12.0 Å². The van der Waals surface area contributed by atoms with Crippen LogP contribution in [0.4, 0.5) is 0 Å². The van der Waals surface area contributed by atoms with Crippen LogP contribution in [0.1, 0.15) is 56.0 Å². The van der Waals surface area contributed by atoms with E-state index in [-0.39, 0.29) is 18.3 Å². The van der Waals surface area contributed by atoms with Crippen molar-refractivity contribution in [3.8, 4) is 11.5 Å². The highest BCUT2D eigenvalue weighted by Crippen LogP contribution is 2.36. The van der Waals surface area contributed by atoms with Gasteiger partial charge in [0.15, 0.2) is 4.80 Å². The molecule has 0 unspecified atom stereocenters. The monoisotopic (exact) mass is 708 g/mol. The van der Waals surface area contributed by atoms with Crippen LogP contribution in [0.25, 0.3) is 6.08 Å². The minimum absolute atomic E-state index is 0.0978. The zero-order chi connectivity index (χ0) is 30.7. The summed E-state index contributed by atoms with van der Waals surface area (Å²) >= 11 is 3.54. The van der Waals surface area contributed by atoms with E-state index in [1.54, 1.807) is 18.4 Å². The van der Waals surface area contributed by atoms with Crippen LogP contribution >= 0.6 is 33.9 Å². The fraction of sp³-hybridized carbons (Fsp3) is 0.265. The first kappa shape index (κ1) is 30.7. The maximum Gasteiger partial charge on any atom is 0.338 e. The number of hydrogen-bond acceptors (Lipinski definition) is 7. The van der Waals surface area contributed by atoms with Gasteiger partial charge in [-0.15, -0.1) is 0 Å². The van der Waals surface area contributed by atoms with Gasteiger partial charge in [-0.05, 0) is 92.6 Å². The number of ether oxygens (including phenoxy) is 3. The molecule has 5 rings (SSSR count). The summed E-state index contributed by atoms with van der Waals surface area (Å²) in [6, 6.07) is 20.9. The highest BCUT2D eigenvalue weighted by atomic mass is 127. The number of carbonyl (C=O) groups is 1. The number of aryl methyl sites for hydroxylation is 1. The predicted molar refractivity (Wildman–Crippen MR) is 177 cm³/mol. The maximum absolute atomic E-state index is 14.0. The van der Waals surface area contributed by atoms with E-state index in [1.165, 1.54) is 16.9 Å². The van der Waals surface area contributed by atoms with Gasteiger partial charge in [-0.25, -0.2) is 9.79 Å². The van der Waals surface area contributed by atoms with Gasteiger partial charge in [0.05, 0.1) is 32.1 Å². The third kappa shape index (κ3) is 6.78. The SMILES string of the molecule is CCOC(=O)C1=C(C)N=c2s/c(=C/c3ccc(OCc4ccc(C)cc4)c(I)c3)c(=O)n2[C@@H]1c1ccccc1OC(C)C. The van der Waals surface area contributed by atoms with Crippen LogP contribution in [0.5, 0.6) is 11.5 Å². The molecule has 0 aliphatic carbocycles. The number of hydrogen-bond donors (Lipinski definition) is 0. The third-order valence-electron chi connectivity index (χ3n) is 6.86. The second-order valence-corrected chi connectivity index (χ2v) is 12.6. The van der Waals surface area contributed by atoms with Crippen molar-refractivity contribution in [1.82, 2.24) is 4.57 Å². The number of aromatic nitrogens is 1. The second kappa shape index (κ2) is 13.3. The van der Waals surface area contributed by atoms with Crippen LogP contribution in [0.15, 0.2) is 87.8 Å². The minimum Gasteiger partial charge on any atom is -0.491 e. The lowest BCUT2D eigenvalue weighted by Gasteiger charge is -2.26. The fourth-order valence-corrected chi connectivity index (χ4v) is 6.62. The summed E-state index contributed by atoms with van der Waals surface area (Å²) in [5, 5.41) is 0. The Bertz CT molecular complexity index is 1870. The van der Waals surface area contributed by atoms with E-state index in [2.05, 4.69) is 58.8 Å². The van der Waals surface area contributed by atoms with Crippen molar-refractivity contribution in [1.29, 1.82) is 0 Å². The van der Waals surface area contributed by atoms with Crippen molar-refractivity contribution in [3.63, 3.8) is 0 Å². The molecule has 4 aromatic rings. The Labute approximate surface area is 268 Å². The summed E-state index contributed by atoms with van der Waals surface area (Å²) in [5.41, 5.74) is 4.46. The number of para-hydroxylation sites is 1. The van der Waals surface area contributed by atoms with Crippen LogP contribution in [0, 0.1) is 10.5 Å². The first-order chi connectivity index (χ1) is 20.7. The Balaban J connectivity index is 1.55. The molecule has 0 amide bonds. The van der Waals surface area contributed by atoms with Crippen molar-refractivity contribution in [3.05, 3.63) is 124 Å². The molecule has 0 fully saturated rings. The Morgan fingerprint density at radius 2 is 1.81 bits per heavy atom. The normalized spacial score (nSPS) is 14.9. The lowest BCUT2D eigenvalue weighted by Crippen LogP contribution is -2.40. The number of fused-ring (bicyclic) bond motifs is 1. The highest BCUT2D eigenvalue weighted by Gasteiger charge is 2.35. The van der Waals surface area contributed by atoms with Gasteiger partial charge >= 0.3 is 5.97 Å². The number of esters is 1. The molecule has 9 heteroatoms. The fourth-order valence-electron chi connectivity index (χ4n) is 4.87. The molecule has 0 saturated heterocycles. The highest BCUT2D eigenvalue weighted by molar-refractivity contribution is 14.1. The summed E-state index contributed by atoms with van der Waals surface area (Å²) in [6.45, 7) is 10.2. The molecule has 1 aromatic heterocycles. The zero-order valence-electron chi connectivity index (χ0n) is 24.7. The first-order valence-corrected chi connectivity index (χ1v) is 16.0. The number of rotatable bonds is 9. The summed E-state index contributed by atoms with van der Waals surface area (Å²) < 4.78 is 20.6. The average Bonchev–Trinajstić information content (AvgIpc) is 3.26. The molecule has 1 atom stereocenters. The third-order valence-corrected chi connectivity index (χ3v) is 8.69. The number of thiazole rings is 1. The Hall–Kier alpha value is -3.70. The minimum atomic E-state index is -0.745. The summed E-state index contributed by atoms with van der Waals surface area (Å²) in [7, 11) is 0. The number of benzene rings is 3. The van der Waals surface area contributed by atoms with Crippen LogP contribution in [-0.4, -0.2) is 23.2 Å².